The van der Waals surface area contributed by atoms with Crippen molar-refractivity contribution in [3.8, 4) is 11.4 Å². The first-order chi connectivity index (χ1) is 17.4. The van der Waals surface area contributed by atoms with Gasteiger partial charge >= 0.3 is 0 Å². The Hall–Kier alpha value is -4.22. The van der Waals surface area contributed by atoms with Crippen LogP contribution >= 0.6 is 23.4 Å². The Morgan fingerprint density at radius 3 is 2.69 bits per heavy atom. The lowest BCUT2D eigenvalue weighted by Crippen LogP contribution is -2.24. The fraction of sp³-hybridized carbons (Fsp3) is 0.0833. The molecule has 182 valence electrons. The van der Waals surface area contributed by atoms with Crippen molar-refractivity contribution < 1.29 is 14.5 Å². The van der Waals surface area contributed by atoms with Crippen molar-refractivity contribution in [1.82, 2.24) is 15.0 Å². The number of hydrogen-bond donors (Lipinski definition) is 1. The first-order valence-corrected chi connectivity index (χ1v) is 11.8. The average Bonchev–Trinajstić information content (AvgIpc) is 2.88. The monoisotopic (exact) mass is 523 g/mol. The van der Waals surface area contributed by atoms with Gasteiger partial charge < -0.3 is 4.74 Å². The number of nitrogens with zero attached hydrogens (tertiary/aromatic N) is 4. The lowest BCUT2D eigenvalue weighted by molar-refractivity contribution is -0.384. The molecule has 0 aliphatic carbocycles. The molecule has 1 aromatic heterocycles. The molecule has 0 aliphatic rings. The van der Waals surface area contributed by atoms with E-state index in [-0.39, 0.29) is 27.6 Å². The van der Waals surface area contributed by atoms with Crippen LogP contribution in [0.3, 0.4) is 0 Å². The van der Waals surface area contributed by atoms with Crippen molar-refractivity contribution in [3.63, 3.8) is 0 Å². The van der Waals surface area contributed by atoms with Crippen LogP contribution in [-0.2, 0) is 4.79 Å². The summed E-state index contributed by atoms with van der Waals surface area (Å²) in [6.07, 6.45) is 1.22. The molecule has 0 fully saturated rings. The van der Waals surface area contributed by atoms with E-state index in [1.54, 1.807) is 55.6 Å². The highest BCUT2D eigenvalue weighted by molar-refractivity contribution is 7.99. The minimum Gasteiger partial charge on any atom is -0.497 e. The summed E-state index contributed by atoms with van der Waals surface area (Å²) in [5.41, 5.74) is 3.29. The molecule has 0 unspecified atom stereocenters. The highest BCUT2D eigenvalue weighted by Crippen LogP contribution is 2.23. The minimum absolute atomic E-state index is 0.0963. The molecule has 3 aromatic carbocycles. The fourth-order valence-corrected chi connectivity index (χ4v) is 4.22. The molecule has 0 aliphatic heterocycles. The number of thioether (sulfide) groups is 1. The van der Waals surface area contributed by atoms with Crippen molar-refractivity contribution in [3.05, 3.63) is 97.8 Å². The number of para-hydroxylation sites is 1. The summed E-state index contributed by atoms with van der Waals surface area (Å²) in [4.78, 5) is 40.7. The number of fused-ring (bicyclic) bond motifs is 1. The maximum Gasteiger partial charge on any atom is 0.270 e. The molecule has 4 rings (SSSR count). The van der Waals surface area contributed by atoms with Crippen LogP contribution in [0.25, 0.3) is 16.6 Å². The Morgan fingerprint density at radius 1 is 1.22 bits per heavy atom. The summed E-state index contributed by atoms with van der Waals surface area (Å²) in [5.74, 6) is 0.0679. The smallest absolute Gasteiger partial charge is 0.270 e. The molecule has 0 radical (unpaired) electrons. The van der Waals surface area contributed by atoms with Gasteiger partial charge in [0.25, 0.3) is 17.2 Å². The Kier molecular flexibility index (Phi) is 7.62. The zero-order chi connectivity index (χ0) is 25.7. The third-order valence-electron chi connectivity index (χ3n) is 4.99. The van der Waals surface area contributed by atoms with Gasteiger partial charge in [0.1, 0.15) is 5.75 Å². The molecule has 1 heterocycles. The molecule has 4 aromatic rings. The highest BCUT2D eigenvalue weighted by atomic mass is 35.5. The second-order valence-corrected chi connectivity index (χ2v) is 8.64. The van der Waals surface area contributed by atoms with Crippen molar-refractivity contribution in [2.45, 2.75) is 5.16 Å². The van der Waals surface area contributed by atoms with Gasteiger partial charge in [-0.1, -0.05) is 35.5 Å². The number of nitro groups is 1. The predicted molar refractivity (Wildman–Crippen MR) is 138 cm³/mol. The van der Waals surface area contributed by atoms with E-state index >= 15 is 0 Å². The molecular formula is C24H18ClN5O5S. The molecule has 0 saturated carbocycles. The van der Waals surface area contributed by atoms with Gasteiger partial charge in [0.15, 0.2) is 5.16 Å². The van der Waals surface area contributed by atoms with Crippen molar-refractivity contribution in [1.29, 1.82) is 0 Å². The van der Waals surface area contributed by atoms with Gasteiger partial charge in [0, 0.05) is 22.7 Å². The lowest BCUT2D eigenvalue weighted by atomic mass is 10.2. The van der Waals surface area contributed by atoms with Crippen LogP contribution in [0.2, 0.25) is 5.02 Å². The van der Waals surface area contributed by atoms with E-state index in [0.717, 1.165) is 11.8 Å². The van der Waals surface area contributed by atoms with Crippen molar-refractivity contribution in [2.24, 2.45) is 5.10 Å². The van der Waals surface area contributed by atoms with Crippen LogP contribution in [-0.4, -0.2) is 39.5 Å². The lowest BCUT2D eigenvalue weighted by Gasteiger charge is -2.13. The minimum atomic E-state index is -0.554. The van der Waals surface area contributed by atoms with Gasteiger partial charge in [-0.2, -0.15) is 5.10 Å². The molecule has 10 nitrogen and oxygen atoms in total. The molecule has 1 amide bonds. The maximum atomic E-state index is 13.3. The second-order valence-electron chi connectivity index (χ2n) is 7.29. The maximum absolute atomic E-state index is 13.3. The largest absolute Gasteiger partial charge is 0.497 e. The van der Waals surface area contributed by atoms with Crippen LogP contribution in [0.4, 0.5) is 5.69 Å². The Morgan fingerprint density at radius 2 is 1.97 bits per heavy atom. The number of halogens is 1. The zero-order valence-electron chi connectivity index (χ0n) is 18.8. The van der Waals surface area contributed by atoms with Crippen LogP contribution in [0.5, 0.6) is 5.75 Å². The number of methoxy groups -OCH3 is 1. The third kappa shape index (κ3) is 5.53. The number of hydrazone groups is 1. The molecule has 0 saturated heterocycles. The fourth-order valence-electron chi connectivity index (χ4n) is 3.25. The van der Waals surface area contributed by atoms with E-state index < -0.39 is 10.8 Å². The SMILES string of the molecule is COc1ccc(-n2c(SCC(=O)N/N=C\c3cc([N+](=O)[O-])ccc3Cl)nc3ccccc3c2=O)cc1. The van der Waals surface area contributed by atoms with Gasteiger partial charge in [-0.25, -0.2) is 10.4 Å². The first-order valence-electron chi connectivity index (χ1n) is 10.4. The molecule has 0 bridgehead atoms. The van der Waals surface area contributed by atoms with Crippen LogP contribution < -0.4 is 15.7 Å². The molecule has 0 atom stereocenters. The summed E-state index contributed by atoms with van der Waals surface area (Å²) in [6.45, 7) is 0. The number of nitrogens with one attached hydrogen (secondary N) is 1. The Balaban J connectivity index is 1.55. The third-order valence-corrected chi connectivity index (χ3v) is 6.27. The predicted octanol–water partition coefficient (Wildman–Crippen LogP) is 4.20. The van der Waals surface area contributed by atoms with Crippen molar-refractivity contribution >= 4 is 52.1 Å². The van der Waals surface area contributed by atoms with Crippen LogP contribution in [0.15, 0.2) is 81.8 Å². The van der Waals surface area contributed by atoms with Gasteiger partial charge in [-0.3, -0.25) is 24.3 Å². The Bertz CT molecular complexity index is 1540. The number of rotatable bonds is 8. The quantitative estimate of drug-likeness (QED) is 0.120. The van der Waals surface area contributed by atoms with Gasteiger partial charge in [-0.05, 0) is 42.5 Å². The number of ether oxygens (including phenoxy) is 1. The molecule has 12 heteroatoms. The Labute approximate surface area is 213 Å². The van der Waals surface area contributed by atoms with Crippen molar-refractivity contribution in [2.75, 3.05) is 12.9 Å². The number of carbonyl (C=O) groups is 1. The van der Waals surface area contributed by atoms with E-state index in [1.807, 2.05) is 0 Å². The number of nitro benzene ring substituents is 1. The summed E-state index contributed by atoms with van der Waals surface area (Å²) in [6, 6.07) is 17.8. The molecule has 1 N–H and O–H groups in total. The number of benzene rings is 3. The second kappa shape index (κ2) is 11.0. The van der Waals surface area contributed by atoms with E-state index in [4.69, 9.17) is 16.3 Å². The normalized spacial score (nSPS) is 11.1. The summed E-state index contributed by atoms with van der Waals surface area (Å²) in [7, 11) is 1.55. The van der Waals surface area contributed by atoms with Gasteiger partial charge in [-0.15, -0.1) is 0 Å². The summed E-state index contributed by atoms with van der Waals surface area (Å²) in [5, 5.41) is 15.8. The molecular weight excluding hydrogens is 506 g/mol. The standard InChI is InChI=1S/C24H18ClN5O5S/c1-35-18-9-6-16(7-10-18)29-23(32)19-4-2-3-5-21(19)27-24(29)36-14-22(31)28-26-13-15-12-17(30(33)34)8-11-20(15)25/h2-13H,14H2,1H3,(H,28,31)/b26-13-. The van der Waals surface area contributed by atoms with E-state index in [2.05, 4.69) is 15.5 Å². The number of amides is 1. The summed E-state index contributed by atoms with van der Waals surface area (Å²) >= 11 is 7.10. The highest BCUT2D eigenvalue weighted by Gasteiger charge is 2.15. The van der Waals surface area contributed by atoms with E-state index in [0.29, 0.717) is 27.5 Å². The molecule has 0 spiro atoms. The van der Waals surface area contributed by atoms with E-state index in [1.165, 1.54) is 29.0 Å². The zero-order valence-corrected chi connectivity index (χ0v) is 20.3. The average molecular weight is 524 g/mol. The number of carbonyl (C=O) groups excluding carboxylic acids is 1. The van der Waals surface area contributed by atoms with Crippen LogP contribution in [0, 0.1) is 10.1 Å². The number of aromatic nitrogens is 2. The first kappa shape index (κ1) is 24.9. The molecule has 36 heavy (non-hydrogen) atoms. The number of hydrogen-bond acceptors (Lipinski definition) is 8. The van der Waals surface area contributed by atoms with Gasteiger partial charge in [0.2, 0.25) is 0 Å². The van der Waals surface area contributed by atoms with Gasteiger partial charge in [0.05, 0.1) is 40.6 Å². The number of non-ortho nitro benzene ring substituents is 1. The topological polar surface area (TPSA) is 129 Å². The van der Waals surface area contributed by atoms with Crippen LogP contribution in [0.1, 0.15) is 5.56 Å². The van der Waals surface area contributed by atoms with E-state index in [9.17, 15) is 19.7 Å². The summed E-state index contributed by atoms with van der Waals surface area (Å²) < 4.78 is 6.63.